The van der Waals surface area contributed by atoms with Gasteiger partial charge in [-0.25, -0.2) is 8.42 Å². The normalized spacial score (nSPS) is 12.3. The Morgan fingerprint density at radius 2 is 1.81 bits per heavy atom. The molecule has 0 saturated heterocycles. The summed E-state index contributed by atoms with van der Waals surface area (Å²) in [6.07, 6.45) is 0.769. The monoisotopic (exact) mass is 314 g/mol. The molecule has 0 saturated carbocycles. The minimum Gasteiger partial charge on any atom is -0.392 e. The lowest BCUT2D eigenvalue weighted by molar-refractivity contribution is 0.281. The first-order chi connectivity index (χ1) is 9.82. The number of aliphatic hydroxyl groups excluding tert-OH is 1. The molecular formula is C15H26N2O3S. The lowest BCUT2D eigenvalue weighted by atomic mass is 10.2. The number of hydrogen-bond acceptors (Lipinski definition) is 4. The van der Waals surface area contributed by atoms with Crippen LogP contribution in [0.1, 0.15) is 24.5 Å². The van der Waals surface area contributed by atoms with E-state index in [1.165, 1.54) is 4.31 Å². The Labute approximate surface area is 128 Å². The van der Waals surface area contributed by atoms with Gasteiger partial charge < -0.3 is 10.0 Å². The van der Waals surface area contributed by atoms with Crippen LogP contribution in [0, 0.1) is 6.92 Å². The quantitative estimate of drug-likeness (QED) is 0.789. The van der Waals surface area contributed by atoms with Crippen LogP contribution < -0.4 is 0 Å². The highest BCUT2D eigenvalue weighted by Gasteiger charge is 2.25. The summed E-state index contributed by atoms with van der Waals surface area (Å²) in [5, 5.41) is 9.22. The molecule has 0 amide bonds. The minimum atomic E-state index is -3.53. The number of aliphatic hydroxyl groups is 1. The summed E-state index contributed by atoms with van der Waals surface area (Å²) in [5.74, 6) is 0. The molecule has 0 spiro atoms. The molecule has 0 aromatic heterocycles. The highest BCUT2D eigenvalue weighted by molar-refractivity contribution is 7.89. The third kappa shape index (κ3) is 4.78. The van der Waals surface area contributed by atoms with E-state index in [4.69, 9.17) is 0 Å². The summed E-state index contributed by atoms with van der Waals surface area (Å²) in [5.41, 5.74) is 1.32. The SMILES string of the molecule is CCCN(CCN(C)C)S(=O)(=O)c1cc(CO)ccc1C. The number of rotatable bonds is 8. The molecule has 0 heterocycles. The molecule has 0 radical (unpaired) electrons. The Kier molecular flexibility index (Phi) is 6.80. The van der Waals surface area contributed by atoms with Crippen molar-refractivity contribution >= 4 is 10.0 Å². The molecule has 0 aliphatic heterocycles. The van der Waals surface area contributed by atoms with Crippen molar-refractivity contribution in [1.82, 2.24) is 9.21 Å². The van der Waals surface area contributed by atoms with Gasteiger partial charge in [0.25, 0.3) is 0 Å². The van der Waals surface area contributed by atoms with Crippen LogP contribution in [0.3, 0.4) is 0 Å². The molecule has 1 aromatic carbocycles. The van der Waals surface area contributed by atoms with E-state index in [2.05, 4.69) is 0 Å². The second kappa shape index (κ2) is 7.89. The van der Waals surface area contributed by atoms with Crippen LogP contribution in [0.2, 0.25) is 0 Å². The molecule has 21 heavy (non-hydrogen) atoms. The second-order valence-electron chi connectivity index (χ2n) is 5.47. The Morgan fingerprint density at radius 3 is 2.33 bits per heavy atom. The predicted molar refractivity (Wildman–Crippen MR) is 84.7 cm³/mol. The first-order valence-corrected chi connectivity index (χ1v) is 8.62. The minimum absolute atomic E-state index is 0.158. The van der Waals surface area contributed by atoms with Crippen molar-refractivity contribution in [2.75, 3.05) is 33.7 Å². The van der Waals surface area contributed by atoms with Crippen molar-refractivity contribution in [3.63, 3.8) is 0 Å². The standard InChI is InChI=1S/C15H26N2O3S/c1-5-8-17(10-9-16(3)4)21(19,20)15-11-14(12-18)7-6-13(15)2/h6-7,11,18H,5,8-10,12H2,1-4H3. The van der Waals surface area contributed by atoms with Crippen LogP contribution in [0.4, 0.5) is 0 Å². The summed E-state index contributed by atoms with van der Waals surface area (Å²) in [6, 6.07) is 5.07. The topological polar surface area (TPSA) is 60.9 Å². The molecule has 120 valence electrons. The zero-order chi connectivity index (χ0) is 16.0. The maximum Gasteiger partial charge on any atom is 0.243 e. The third-order valence-electron chi connectivity index (χ3n) is 3.32. The lowest BCUT2D eigenvalue weighted by Crippen LogP contribution is -2.37. The average Bonchev–Trinajstić information content (AvgIpc) is 2.43. The van der Waals surface area contributed by atoms with Crippen LogP contribution in [-0.4, -0.2) is 56.5 Å². The lowest BCUT2D eigenvalue weighted by Gasteiger charge is -2.24. The Morgan fingerprint density at radius 1 is 1.14 bits per heavy atom. The third-order valence-corrected chi connectivity index (χ3v) is 5.36. The van der Waals surface area contributed by atoms with Gasteiger partial charge in [-0.15, -0.1) is 0 Å². The molecule has 0 aliphatic rings. The number of likely N-dealkylation sites (N-methyl/N-ethyl adjacent to an activating group) is 1. The van der Waals surface area contributed by atoms with Crippen LogP contribution in [0.25, 0.3) is 0 Å². The van der Waals surface area contributed by atoms with Crippen molar-refractivity contribution in [3.05, 3.63) is 29.3 Å². The highest BCUT2D eigenvalue weighted by atomic mass is 32.2. The largest absolute Gasteiger partial charge is 0.392 e. The van der Waals surface area contributed by atoms with Gasteiger partial charge in [-0.05, 0) is 44.6 Å². The van der Waals surface area contributed by atoms with E-state index in [1.807, 2.05) is 25.9 Å². The van der Waals surface area contributed by atoms with Crippen molar-refractivity contribution < 1.29 is 13.5 Å². The molecule has 1 aromatic rings. The smallest absolute Gasteiger partial charge is 0.243 e. The Bertz CT molecular complexity index is 556. The second-order valence-corrected chi connectivity index (χ2v) is 7.37. The van der Waals surface area contributed by atoms with E-state index in [0.717, 1.165) is 6.42 Å². The van der Waals surface area contributed by atoms with Crippen LogP contribution in [0.15, 0.2) is 23.1 Å². The summed E-state index contributed by atoms with van der Waals surface area (Å²) in [4.78, 5) is 2.26. The average molecular weight is 314 g/mol. The maximum absolute atomic E-state index is 12.8. The molecule has 6 heteroatoms. The summed E-state index contributed by atoms with van der Waals surface area (Å²) < 4.78 is 27.2. The van der Waals surface area contributed by atoms with Crippen LogP contribution >= 0.6 is 0 Å². The predicted octanol–water partition coefficient (Wildman–Crippen LogP) is 1.45. The number of hydrogen-bond donors (Lipinski definition) is 1. The van der Waals surface area contributed by atoms with Crippen LogP contribution in [0.5, 0.6) is 0 Å². The molecule has 0 unspecified atom stereocenters. The maximum atomic E-state index is 12.8. The number of aryl methyl sites for hydroxylation is 1. The van der Waals surface area contributed by atoms with Crippen molar-refractivity contribution in [1.29, 1.82) is 0 Å². The fraction of sp³-hybridized carbons (Fsp3) is 0.600. The first kappa shape index (κ1) is 18.1. The molecule has 1 N–H and O–H groups in total. The zero-order valence-electron chi connectivity index (χ0n) is 13.3. The Balaban J connectivity index is 3.15. The van der Waals surface area contributed by atoms with Gasteiger partial charge in [0, 0.05) is 19.6 Å². The number of benzene rings is 1. The molecule has 5 nitrogen and oxygen atoms in total. The van der Waals surface area contributed by atoms with Crippen molar-refractivity contribution in [2.24, 2.45) is 0 Å². The van der Waals surface area contributed by atoms with Gasteiger partial charge in [-0.2, -0.15) is 4.31 Å². The Hall–Kier alpha value is -0.950. The molecule has 0 bridgehead atoms. The summed E-state index contributed by atoms with van der Waals surface area (Å²) in [6.45, 7) is 5.23. The van der Waals surface area contributed by atoms with Gasteiger partial charge in [0.15, 0.2) is 0 Å². The molecule has 1 rings (SSSR count). The summed E-state index contributed by atoms with van der Waals surface area (Å²) in [7, 11) is 0.323. The van der Waals surface area contributed by atoms with E-state index in [0.29, 0.717) is 35.7 Å². The van der Waals surface area contributed by atoms with Crippen molar-refractivity contribution in [3.8, 4) is 0 Å². The number of sulfonamides is 1. The van der Waals surface area contributed by atoms with Gasteiger partial charge in [0.1, 0.15) is 0 Å². The first-order valence-electron chi connectivity index (χ1n) is 7.18. The number of nitrogens with zero attached hydrogens (tertiary/aromatic N) is 2. The zero-order valence-corrected chi connectivity index (χ0v) is 14.2. The van der Waals surface area contributed by atoms with E-state index in [9.17, 15) is 13.5 Å². The highest BCUT2D eigenvalue weighted by Crippen LogP contribution is 2.21. The van der Waals surface area contributed by atoms with Gasteiger partial charge >= 0.3 is 0 Å². The van der Waals surface area contributed by atoms with E-state index in [1.54, 1.807) is 25.1 Å². The van der Waals surface area contributed by atoms with Crippen molar-refractivity contribution in [2.45, 2.75) is 31.8 Å². The van der Waals surface area contributed by atoms with Gasteiger partial charge in [-0.1, -0.05) is 19.1 Å². The van der Waals surface area contributed by atoms with E-state index in [-0.39, 0.29) is 6.61 Å². The van der Waals surface area contributed by atoms with Gasteiger partial charge in [-0.3, -0.25) is 0 Å². The fourth-order valence-electron chi connectivity index (χ4n) is 2.07. The molecule has 0 fully saturated rings. The van der Waals surface area contributed by atoms with E-state index < -0.39 is 10.0 Å². The van der Waals surface area contributed by atoms with Gasteiger partial charge in [0.05, 0.1) is 11.5 Å². The van der Waals surface area contributed by atoms with Crippen LogP contribution in [-0.2, 0) is 16.6 Å². The van der Waals surface area contributed by atoms with E-state index >= 15 is 0 Å². The summed E-state index contributed by atoms with van der Waals surface area (Å²) >= 11 is 0. The molecule has 0 aliphatic carbocycles. The van der Waals surface area contributed by atoms with Gasteiger partial charge in [0.2, 0.25) is 10.0 Å². The fourth-order valence-corrected chi connectivity index (χ4v) is 3.87. The molecular weight excluding hydrogens is 288 g/mol. The molecule has 0 atom stereocenters.